The first-order valence-corrected chi connectivity index (χ1v) is 9.91. The summed E-state index contributed by atoms with van der Waals surface area (Å²) >= 11 is 0. The standard InChI is InChI=1S/C23H25FN2O2/c1-16-8-10-18(11-9-16)22-13-21(28-25-22)15-26(23(27)19-5-3-6-19)14-17-4-2-7-20(24)12-17/h2,4,7-12,19,21H,3,5-6,13-15H2,1H3/t21-/m0/s1. The van der Waals surface area contributed by atoms with Crippen LogP contribution in [0.1, 0.15) is 42.4 Å². The van der Waals surface area contributed by atoms with Gasteiger partial charge in [0, 0.05) is 18.9 Å². The minimum Gasteiger partial charge on any atom is -0.390 e. The fourth-order valence-electron chi connectivity index (χ4n) is 3.69. The average molecular weight is 380 g/mol. The second-order valence-corrected chi connectivity index (χ2v) is 7.81. The SMILES string of the molecule is Cc1ccc(C2=NO[C@H](CN(Cc3cccc(F)c3)C(=O)C3CCC3)C2)cc1. The Labute approximate surface area is 165 Å². The molecule has 0 bridgehead atoms. The molecule has 2 aromatic carbocycles. The van der Waals surface area contributed by atoms with Crippen LogP contribution in [0.5, 0.6) is 0 Å². The molecule has 0 N–H and O–H groups in total. The third kappa shape index (κ3) is 4.24. The molecule has 4 rings (SSSR count). The Hall–Kier alpha value is -2.69. The smallest absolute Gasteiger partial charge is 0.226 e. The maximum atomic E-state index is 13.6. The third-order valence-electron chi connectivity index (χ3n) is 5.57. The van der Waals surface area contributed by atoms with Crippen LogP contribution in [0.2, 0.25) is 0 Å². The van der Waals surface area contributed by atoms with E-state index in [0.717, 1.165) is 36.1 Å². The first-order chi connectivity index (χ1) is 13.6. The van der Waals surface area contributed by atoms with Gasteiger partial charge in [0.15, 0.2) is 6.10 Å². The van der Waals surface area contributed by atoms with Crippen LogP contribution in [0.15, 0.2) is 53.7 Å². The van der Waals surface area contributed by atoms with E-state index < -0.39 is 0 Å². The summed E-state index contributed by atoms with van der Waals surface area (Å²) in [7, 11) is 0. The van der Waals surface area contributed by atoms with E-state index >= 15 is 0 Å². The highest BCUT2D eigenvalue weighted by molar-refractivity contribution is 6.01. The Balaban J connectivity index is 1.43. The molecule has 1 saturated carbocycles. The lowest BCUT2D eigenvalue weighted by Crippen LogP contribution is -2.42. The molecule has 0 saturated heterocycles. The van der Waals surface area contributed by atoms with Gasteiger partial charge in [0.2, 0.25) is 5.91 Å². The van der Waals surface area contributed by atoms with Crippen LogP contribution in [0.25, 0.3) is 0 Å². The molecule has 1 aliphatic carbocycles. The van der Waals surface area contributed by atoms with E-state index in [-0.39, 0.29) is 23.7 Å². The van der Waals surface area contributed by atoms with Gasteiger partial charge in [-0.05, 0) is 43.0 Å². The third-order valence-corrected chi connectivity index (χ3v) is 5.57. The number of benzene rings is 2. The van der Waals surface area contributed by atoms with Crippen LogP contribution in [0.3, 0.4) is 0 Å². The van der Waals surface area contributed by atoms with Crippen LogP contribution < -0.4 is 0 Å². The van der Waals surface area contributed by atoms with Crippen LogP contribution in [-0.4, -0.2) is 29.2 Å². The molecule has 0 unspecified atom stereocenters. The lowest BCUT2D eigenvalue weighted by Gasteiger charge is -2.32. The number of hydrogen-bond acceptors (Lipinski definition) is 3. The molecule has 2 aromatic rings. The maximum absolute atomic E-state index is 13.6. The second kappa shape index (κ2) is 8.13. The molecular weight excluding hydrogens is 355 g/mol. The highest BCUT2D eigenvalue weighted by Crippen LogP contribution is 2.29. The fourth-order valence-corrected chi connectivity index (χ4v) is 3.69. The van der Waals surface area contributed by atoms with Gasteiger partial charge in [-0.3, -0.25) is 4.79 Å². The molecule has 0 spiro atoms. The molecule has 146 valence electrons. The van der Waals surface area contributed by atoms with Gasteiger partial charge in [0.05, 0.1) is 12.3 Å². The molecule has 4 nitrogen and oxygen atoms in total. The van der Waals surface area contributed by atoms with Gasteiger partial charge in [-0.25, -0.2) is 4.39 Å². The first-order valence-electron chi connectivity index (χ1n) is 9.91. The number of aryl methyl sites for hydroxylation is 1. The molecule has 1 aliphatic heterocycles. The highest BCUT2D eigenvalue weighted by Gasteiger charge is 2.33. The Morgan fingerprint density at radius 1 is 1.21 bits per heavy atom. The number of nitrogens with zero attached hydrogens (tertiary/aromatic N) is 2. The summed E-state index contributed by atoms with van der Waals surface area (Å²) in [4.78, 5) is 20.4. The van der Waals surface area contributed by atoms with Crippen molar-refractivity contribution in [2.75, 3.05) is 6.54 Å². The normalized spacial score (nSPS) is 18.9. The van der Waals surface area contributed by atoms with E-state index in [1.54, 1.807) is 6.07 Å². The van der Waals surface area contributed by atoms with Crippen molar-refractivity contribution in [3.05, 3.63) is 71.0 Å². The van der Waals surface area contributed by atoms with E-state index in [1.165, 1.54) is 17.7 Å². The molecule has 1 fully saturated rings. The molecule has 5 heteroatoms. The summed E-state index contributed by atoms with van der Waals surface area (Å²) in [6.07, 6.45) is 3.48. The predicted octanol–water partition coefficient (Wildman–Crippen LogP) is 4.46. The van der Waals surface area contributed by atoms with Crippen LogP contribution in [0, 0.1) is 18.7 Å². The Bertz CT molecular complexity index is 874. The van der Waals surface area contributed by atoms with E-state index in [4.69, 9.17) is 4.84 Å². The van der Waals surface area contributed by atoms with Crippen molar-refractivity contribution >= 4 is 11.6 Å². The van der Waals surface area contributed by atoms with Gasteiger partial charge >= 0.3 is 0 Å². The fraction of sp³-hybridized carbons (Fsp3) is 0.391. The summed E-state index contributed by atoms with van der Waals surface area (Å²) in [5, 5.41) is 4.25. The van der Waals surface area contributed by atoms with Crippen molar-refractivity contribution in [3.8, 4) is 0 Å². The topological polar surface area (TPSA) is 41.9 Å². The van der Waals surface area contributed by atoms with Crippen molar-refractivity contribution < 1.29 is 14.0 Å². The van der Waals surface area contributed by atoms with Gasteiger partial charge in [-0.2, -0.15) is 0 Å². The number of amides is 1. The van der Waals surface area contributed by atoms with Crippen LogP contribution in [-0.2, 0) is 16.2 Å². The number of rotatable bonds is 6. The molecule has 0 radical (unpaired) electrons. The summed E-state index contributed by atoms with van der Waals surface area (Å²) in [5.41, 5.74) is 3.96. The first kappa shape index (κ1) is 18.7. The average Bonchev–Trinajstić information content (AvgIpc) is 3.09. The van der Waals surface area contributed by atoms with E-state index in [1.807, 2.05) is 23.1 Å². The van der Waals surface area contributed by atoms with Gasteiger partial charge < -0.3 is 9.74 Å². The lowest BCUT2D eigenvalue weighted by atomic mass is 9.84. The zero-order valence-corrected chi connectivity index (χ0v) is 16.1. The zero-order valence-electron chi connectivity index (χ0n) is 16.1. The van der Waals surface area contributed by atoms with Crippen molar-refractivity contribution in [1.29, 1.82) is 0 Å². The van der Waals surface area contributed by atoms with Crippen molar-refractivity contribution in [2.24, 2.45) is 11.1 Å². The summed E-state index contributed by atoms with van der Waals surface area (Å²) in [6, 6.07) is 14.7. The number of halogens is 1. The maximum Gasteiger partial charge on any atom is 0.226 e. The molecule has 28 heavy (non-hydrogen) atoms. The lowest BCUT2D eigenvalue weighted by molar-refractivity contribution is -0.140. The molecule has 1 amide bonds. The molecular formula is C23H25FN2O2. The van der Waals surface area contributed by atoms with E-state index in [2.05, 4.69) is 24.2 Å². The number of carbonyl (C=O) groups excluding carboxylic acids is 1. The molecule has 1 atom stereocenters. The molecule has 0 aromatic heterocycles. The predicted molar refractivity (Wildman–Crippen MR) is 106 cm³/mol. The number of carbonyl (C=O) groups is 1. The van der Waals surface area contributed by atoms with Gasteiger partial charge in [0.1, 0.15) is 5.82 Å². The number of oxime groups is 1. The largest absolute Gasteiger partial charge is 0.390 e. The van der Waals surface area contributed by atoms with Crippen molar-refractivity contribution in [1.82, 2.24) is 4.90 Å². The van der Waals surface area contributed by atoms with Gasteiger partial charge in [-0.15, -0.1) is 0 Å². The van der Waals surface area contributed by atoms with E-state index in [9.17, 15) is 9.18 Å². The highest BCUT2D eigenvalue weighted by atomic mass is 19.1. The quantitative estimate of drug-likeness (QED) is 0.743. The van der Waals surface area contributed by atoms with Gasteiger partial charge in [0.25, 0.3) is 0 Å². The van der Waals surface area contributed by atoms with Crippen molar-refractivity contribution in [3.63, 3.8) is 0 Å². The summed E-state index contributed by atoms with van der Waals surface area (Å²) in [6.45, 7) is 2.91. The molecule has 2 aliphatic rings. The van der Waals surface area contributed by atoms with Crippen LogP contribution in [0.4, 0.5) is 4.39 Å². The monoisotopic (exact) mass is 380 g/mol. The second-order valence-electron chi connectivity index (χ2n) is 7.81. The van der Waals surface area contributed by atoms with Crippen LogP contribution >= 0.6 is 0 Å². The Morgan fingerprint density at radius 2 is 2.00 bits per heavy atom. The minimum absolute atomic E-state index is 0.0902. The molecule has 1 heterocycles. The van der Waals surface area contributed by atoms with Gasteiger partial charge in [-0.1, -0.05) is 53.5 Å². The van der Waals surface area contributed by atoms with E-state index in [0.29, 0.717) is 19.5 Å². The Morgan fingerprint density at radius 3 is 2.68 bits per heavy atom. The Kier molecular flexibility index (Phi) is 5.42. The summed E-state index contributed by atoms with van der Waals surface area (Å²) < 4.78 is 13.6. The summed E-state index contributed by atoms with van der Waals surface area (Å²) in [5.74, 6) is -0.0500. The number of hydrogen-bond donors (Lipinski definition) is 0. The van der Waals surface area contributed by atoms with Crippen molar-refractivity contribution in [2.45, 2.75) is 45.3 Å². The zero-order chi connectivity index (χ0) is 19.5. The minimum atomic E-state index is -0.282.